The number of hydrogen-bond acceptors (Lipinski definition) is 2. The Bertz CT molecular complexity index is 1070. The lowest BCUT2D eigenvalue weighted by molar-refractivity contribution is 0.0695. The van der Waals surface area contributed by atoms with E-state index in [2.05, 4.69) is 19.1 Å². The molecule has 0 radical (unpaired) electrons. The molecule has 0 heterocycles. The van der Waals surface area contributed by atoms with Gasteiger partial charge in [0.25, 0.3) is 0 Å². The van der Waals surface area contributed by atoms with Gasteiger partial charge in [0.05, 0.1) is 11.1 Å². The summed E-state index contributed by atoms with van der Waals surface area (Å²) in [4.78, 5) is 23.4. The number of carboxylic acid groups (broad SMARTS) is 2. The minimum atomic E-state index is -1.11. The van der Waals surface area contributed by atoms with E-state index in [1.807, 2.05) is 13.0 Å². The summed E-state index contributed by atoms with van der Waals surface area (Å²) in [5.41, 5.74) is 6.54. The van der Waals surface area contributed by atoms with Crippen molar-refractivity contribution >= 4 is 22.7 Å². The molecule has 1 aliphatic carbocycles. The van der Waals surface area contributed by atoms with Gasteiger partial charge in [-0.15, -0.1) is 0 Å². The lowest BCUT2D eigenvalue weighted by Gasteiger charge is -2.24. The van der Waals surface area contributed by atoms with Gasteiger partial charge in [-0.3, -0.25) is 0 Å². The number of fused-ring (bicyclic) bond motifs is 2. The highest BCUT2D eigenvalue weighted by Gasteiger charge is 2.26. The molecule has 0 unspecified atom stereocenters. The molecule has 4 heteroatoms. The molecule has 3 aromatic carbocycles. The minimum Gasteiger partial charge on any atom is -0.478 e. The Balaban J connectivity index is 2.21. The third-order valence-electron chi connectivity index (χ3n) is 4.98. The SMILES string of the molecule is Cc1cc(C)c2c(c1)-c1ccc(C(=O)O)c3c(C(=O)O)ccc(c13)C2. The lowest BCUT2D eigenvalue weighted by atomic mass is 9.79. The predicted molar refractivity (Wildman–Crippen MR) is 95.6 cm³/mol. The van der Waals surface area contributed by atoms with E-state index in [4.69, 9.17) is 0 Å². The van der Waals surface area contributed by atoms with Crippen LogP contribution in [0, 0.1) is 13.8 Å². The second-order valence-electron chi connectivity index (χ2n) is 6.58. The van der Waals surface area contributed by atoms with Gasteiger partial charge in [0.15, 0.2) is 0 Å². The first-order valence-corrected chi connectivity index (χ1v) is 8.04. The van der Waals surface area contributed by atoms with Crippen molar-refractivity contribution in [3.05, 3.63) is 69.8 Å². The second kappa shape index (κ2) is 5.18. The molecular formula is C21H16O4. The van der Waals surface area contributed by atoms with Crippen LogP contribution in [-0.2, 0) is 6.42 Å². The molecule has 0 amide bonds. The average Bonchev–Trinajstić information content (AvgIpc) is 2.55. The third-order valence-corrected chi connectivity index (χ3v) is 4.98. The van der Waals surface area contributed by atoms with Gasteiger partial charge in [-0.1, -0.05) is 29.8 Å². The highest BCUT2D eigenvalue weighted by molar-refractivity contribution is 6.17. The van der Waals surface area contributed by atoms with E-state index in [-0.39, 0.29) is 11.1 Å². The Morgan fingerprint density at radius 3 is 2.12 bits per heavy atom. The van der Waals surface area contributed by atoms with Gasteiger partial charge < -0.3 is 10.2 Å². The first-order chi connectivity index (χ1) is 11.9. The molecule has 4 nitrogen and oxygen atoms in total. The molecule has 0 saturated carbocycles. The van der Waals surface area contributed by atoms with Gasteiger partial charge in [0, 0.05) is 5.39 Å². The average molecular weight is 332 g/mol. The van der Waals surface area contributed by atoms with Crippen LogP contribution in [0.2, 0.25) is 0 Å². The molecule has 0 atom stereocenters. The van der Waals surface area contributed by atoms with Crippen LogP contribution < -0.4 is 0 Å². The maximum Gasteiger partial charge on any atom is 0.336 e. The molecule has 124 valence electrons. The van der Waals surface area contributed by atoms with Crippen molar-refractivity contribution in [1.82, 2.24) is 0 Å². The van der Waals surface area contributed by atoms with E-state index in [1.165, 1.54) is 23.3 Å². The van der Waals surface area contributed by atoms with E-state index in [0.717, 1.165) is 27.6 Å². The number of hydrogen-bond donors (Lipinski definition) is 2. The molecule has 0 fully saturated rings. The molecule has 0 bridgehead atoms. The Hall–Kier alpha value is -3.14. The van der Waals surface area contributed by atoms with Crippen molar-refractivity contribution in [2.45, 2.75) is 20.3 Å². The topological polar surface area (TPSA) is 74.6 Å². The van der Waals surface area contributed by atoms with Gasteiger partial charge in [0.1, 0.15) is 0 Å². The van der Waals surface area contributed by atoms with Crippen LogP contribution in [0.25, 0.3) is 21.9 Å². The van der Waals surface area contributed by atoms with Crippen LogP contribution in [0.4, 0.5) is 0 Å². The molecule has 0 aliphatic heterocycles. The summed E-state index contributed by atoms with van der Waals surface area (Å²) in [6.07, 6.45) is 0.675. The van der Waals surface area contributed by atoms with E-state index in [1.54, 1.807) is 6.07 Å². The zero-order chi connectivity index (χ0) is 17.9. The molecule has 4 rings (SSSR count). The highest BCUT2D eigenvalue weighted by Crippen LogP contribution is 2.43. The van der Waals surface area contributed by atoms with Gasteiger partial charge in [0.2, 0.25) is 0 Å². The van der Waals surface area contributed by atoms with E-state index >= 15 is 0 Å². The molecule has 2 N–H and O–H groups in total. The quantitative estimate of drug-likeness (QED) is 0.569. The van der Waals surface area contributed by atoms with Crippen LogP contribution >= 0.6 is 0 Å². The van der Waals surface area contributed by atoms with Crippen molar-refractivity contribution in [3.63, 3.8) is 0 Å². The van der Waals surface area contributed by atoms with E-state index < -0.39 is 11.9 Å². The van der Waals surface area contributed by atoms with Crippen LogP contribution in [0.3, 0.4) is 0 Å². The smallest absolute Gasteiger partial charge is 0.336 e. The molecule has 3 aromatic rings. The summed E-state index contributed by atoms with van der Waals surface area (Å²) < 4.78 is 0. The summed E-state index contributed by atoms with van der Waals surface area (Å²) in [6, 6.07) is 10.9. The summed E-state index contributed by atoms with van der Waals surface area (Å²) in [5.74, 6) is -2.23. The number of rotatable bonds is 2. The van der Waals surface area contributed by atoms with Gasteiger partial charge >= 0.3 is 11.9 Å². The number of aryl methyl sites for hydroxylation is 2. The van der Waals surface area contributed by atoms with Crippen LogP contribution in [0.1, 0.15) is 43.0 Å². The van der Waals surface area contributed by atoms with Gasteiger partial charge in [-0.05, 0) is 65.6 Å². The van der Waals surface area contributed by atoms with Crippen molar-refractivity contribution in [2.24, 2.45) is 0 Å². The fourth-order valence-electron chi connectivity index (χ4n) is 3.96. The zero-order valence-electron chi connectivity index (χ0n) is 13.9. The Morgan fingerprint density at radius 1 is 0.840 bits per heavy atom. The molecule has 0 spiro atoms. The monoisotopic (exact) mass is 332 g/mol. The molecular weight excluding hydrogens is 316 g/mol. The summed E-state index contributed by atoms with van der Waals surface area (Å²) >= 11 is 0. The van der Waals surface area contributed by atoms with Crippen molar-refractivity contribution in [2.75, 3.05) is 0 Å². The number of carboxylic acids is 2. The van der Waals surface area contributed by atoms with E-state index in [0.29, 0.717) is 11.8 Å². The largest absolute Gasteiger partial charge is 0.478 e. The zero-order valence-corrected chi connectivity index (χ0v) is 13.9. The first kappa shape index (κ1) is 15.4. The second-order valence-corrected chi connectivity index (χ2v) is 6.58. The normalized spacial score (nSPS) is 12.1. The van der Waals surface area contributed by atoms with E-state index in [9.17, 15) is 19.8 Å². The number of carbonyl (C=O) groups is 2. The summed E-state index contributed by atoms with van der Waals surface area (Å²) in [5, 5.41) is 20.2. The van der Waals surface area contributed by atoms with Crippen LogP contribution in [-0.4, -0.2) is 22.2 Å². The van der Waals surface area contributed by atoms with Crippen molar-refractivity contribution in [1.29, 1.82) is 0 Å². The standard InChI is InChI=1S/C21H16O4/c1-10-7-11(2)16-9-12-3-4-14(20(22)23)19-15(21(24)25)6-5-13(18(12)19)17(16)8-10/h3-8H,9H2,1-2H3,(H,22,23)(H,24,25). The lowest BCUT2D eigenvalue weighted by Crippen LogP contribution is -2.10. The summed E-state index contributed by atoms with van der Waals surface area (Å²) in [6.45, 7) is 4.10. The number of benzene rings is 3. The molecule has 1 aliphatic rings. The Kier molecular flexibility index (Phi) is 3.19. The highest BCUT2D eigenvalue weighted by atomic mass is 16.4. The number of aromatic carboxylic acids is 2. The maximum absolute atomic E-state index is 11.7. The molecule has 0 aromatic heterocycles. The minimum absolute atomic E-state index is 0.0332. The summed E-state index contributed by atoms with van der Waals surface area (Å²) in [7, 11) is 0. The molecule has 0 saturated heterocycles. The Labute approximate surface area is 144 Å². The van der Waals surface area contributed by atoms with Gasteiger partial charge in [-0.2, -0.15) is 0 Å². The Morgan fingerprint density at radius 2 is 1.48 bits per heavy atom. The fraction of sp³-hybridized carbons (Fsp3) is 0.143. The van der Waals surface area contributed by atoms with Crippen molar-refractivity contribution < 1.29 is 19.8 Å². The van der Waals surface area contributed by atoms with Crippen LogP contribution in [0.5, 0.6) is 0 Å². The van der Waals surface area contributed by atoms with Crippen molar-refractivity contribution in [3.8, 4) is 11.1 Å². The van der Waals surface area contributed by atoms with Crippen LogP contribution in [0.15, 0.2) is 36.4 Å². The molecule has 25 heavy (non-hydrogen) atoms. The predicted octanol–water partition coefficient (Wildman–Crippen LogP) is 4.42. The maximum atomic E-state index is 11.7. The van der Waals surface area contributed by atoms with Gasteiger partial charge in [-0.25, -0.2) is 9.59 Å². The third kappa shape index (κ3) is 2.14. The fourth-order valence-corrected chi connectivity index (χ4v) is 3.96. The first-order valence-electron chi connectivity index (χ1n) is 8.04.